The molecule has 0 spiro atoms. The van der Waals surface area contributed by atoms with E-state index in [4.69, 9.17) is 0 Å². The highest BCUT2D eigenvalue weighted by Crippen LogP contribution is 2.26. The van der Waals surface area contributed by atoms with E-state index in [0.717, 1.165) is 41.8 Å². The summed E-state index contributed by atoms with van der Waals surface area (Å²) in [6, 6.07) is 22.0. The van der Waals surface area contributed by atoms with Gasteiger partial charge in [0, 0.05) is 38.3 Å². The van der Waals surface area contributed by atoms with Gasteiger partial charge in [0.05, 0.1) is 11.3 Å². The molecule has 0 saturated carbocycles. The average molecular weight is 471 g/mol. The molecule has 1 aliphatic rings. The maximum absolute atomic E-state index is 13.8. The zero-order chi connectivity index (χ0) is 24.5. The van der Waals surface area contributed by atoms with Crippen LogP contribution in [-0.2, 0) is 4.79 Å². The van der Waals surface area contributed by atoms with Gasteiger partial charge in [-0.1, -0.05) is 60.7 Å². The minimum Gasteiger partial charge on any atom is -0.356 e. The van der Waals surface area contributed by atoms with Crippen molar-refractivity contribution in [1.82, 2.24) is 20.5 Å². The number of carbonyl (C=O) groups excluding carboxylic acids is 2. The normalized spacial score (nSPS) is 18.0. The summed E-state index contributed by atoms with van der Waals surface area (Å²) in [6.45, 7) is 4.50. The Morgan fingerprint density at radius 2 is 1.63 bits per heavy atom. The molecular formula is C29H34N4O2. The van der Waals surface area contributed by atoms with E-state index < -0.39 is 0 Å². The van der Waals surface area contributed by atoms with Gasteiger partial charge in [-0.3, -0.25) is 14.6 Å². The predicted molar refractivity (Wildman–Crippen MR) is 139 cm³/mol. The van der Waals surface area contributed by atoms with Crippen LogP contribution < -0.4 is 10.6 Å². The molecule has 6 heteroatoms. The number of carbonyl (C=O) groups is 2. The summed E-state index contributed by atoms with van der Waals surface area (Å²) in [5, 5.41) is 6.59. The predicted octanol–water partition coefficient (Wildman–Crippen LogP) is 4.52. The molecule has 0 radical (unpaired) electrons. The number of hydrogen-bond acceptors (Lipinski definition) is 4. The van der Waals surface area contributed by atoms with Crippen LogP contribution in [0.3, 0.4) is 0 Å². The van der Waals surface area contributed by atoms with Gasteiger partial charge in [0.1, 0.15) is 0 Å². The number of rotatable bonds is 3. The first-order valence-electron chi connectivity index (χ1n) is 12.5. The zero-order valence-electron chi connectivity index (χ0n) is 20.4. The Balaban J connectivity index is 1.49. The highest BCUT2D eigenvalue weighted by Gasteiger charge is 2.23. The van der Waals surface area contributed by atoms with Crippen LogP contribution in [0.1, 0.15) is 53.3 Å². The van der Waals surface area contributed by atoms with Crippen LogP contribution >= 0.6 is 0 Å². The topological polar surface area (TPSA) is 74.3 Å². The lowest BCUT2D eigenvalue weighted by molar-refractivity contribution is -0.121. The average Bonchev–Trinajstić information content (AvgIpc) is 2.91. The van der Waals surface area contributed by atoms with Crippen LogP contribution in [0.15, 0.2) is 72.9 Å². The number of benzene rings is 2. The number of nitrogens with one attached hydrogen (secondary N) is 2. The first-order chi connectivity index (χ1) is 17.1. The third-order valence-electron chi connectivity index (χ3n) is 6.49. The molecule has 2 amide bonds. The fourth-order valence-electron chi connectivity index (χ4n) is 4.62. The third kappa shape index (κ3) is 6.55. The Hall–Kier alpha value is -3.51. The van der Waals surface area contributed by atoms with Crippen molar-refractivity contribution in [2.24, 2.45) is 0 Å². The minimum atomic E-state index is -0.0128. The molecule has 1 aliphatic heterocycles. The molecular weight excluding hydrogens is 436 g/mol. The van der Waals surface area contributed by atoms with Crippen molar-refractivity contribution >= 4 is 11.8 Å². The lowest BCUT2D eigenvalue weighted by atomic mass is 9.98. The van der Waals surface area contributed by atoms with Crippen molar-refractivity contribution in [3.05, 3.63) is 89.7 Å². The zero-order valence-corrected chi connectivity index (χ0v) is 20.4. The fraction of sp³-hybridized carbons (Fsp3) is 0.345. The van der Waals surface area contributed by atoms with Crippen molar-refractivity contribution in [2.75, 3.05) is 26.2 Å². The molecule has 4 rings (SSSR count). The van der Waals surface area contributed by atoms with Crippen molar-refractivity contribution in [3.63, 3.8) is 0 Å². The van der Waals surface area contributed by atoms with Crippen molar-refractivity contribution < 1.29 is 9.59 Å². The van der Waals surface area contributed by atoms with E-state index in [9.17, 15) is 9.59 Å². The Morgan fingerprint density at radius 1 is 0.914 bits per heavy atom. The summed E-state index contributed by atoms with van der Waals surface area (Å²) in [5.41, 5.74) is 4.44. The summed E-state index contributed by atoms with van der Waals surface area (Å²) < 4.78 is 0. The van der Waals surface area contributed by atoms with Gasteiger partial charge in [-0.25, -0.2) is 0 Å². The van der Waals surface area contributed by atoms with Gasteiger partial charge < -0.3 is 15.5 Å². The second kappa shape index (κ2) is 12.3. The lowest BCUT2D eigenvalue weighted by Gasteiger charge is -2.25. The smallest absolute Gasteiger partial charge is 0.256 e. The van der Waals surface area contributed by atoms with E-state index in [-0.39, 0.29) is 17.9 Å². The van der Waals surface area contributed by atoms with Crippen LogP contribution in [0.5, 0.6) is 0 Å². The molecule has 1 aromatic heterocycles. The largest absolute Gasteiger partial charge is 0.356 e. The van der Waals surface area contributed by atoms with Gasteiger partial charge in [0.2, 0.25) is 5.91 Å². The van der Waals surface area contributed by atoms with E-state index in [1.807, 2.05) is 66.4 Å². The molecule has 182 valence electrons. The fourth-order valence-corrected chi connectivity index (χ4v) is 4.62. The molecule has 1 fully saturated rings. The van der Waals surface area contributed by atoms with Crippen LogP contribution in [-0.4, -0.2) is 47.9 Å². The summed E-state index contributed by atoms with van der Waals surface area (Å²) >= 11 is 0. The molecule has 2 aromatic carbocycles. The van der Waals surface area contributed by atoms with Gasteiger partial charge in [-0.15, -0.1) is 0 Å². The van der Waals surface area contributed by atoms with Gasteiger partial charge in [0.15, 0.2) is 0 Å². The lowest BCUT2D eigenvalue weighted by Crippen LogP contribution is -2.36. The second-order valence-electron chi connectivity index (χ2n) is 9.01. The van der Waals surface area contributed by atoms with Crippen LogP contribution in [0, 0.1) is 6.92 Å². The quantitative estimate of drug-likeness (QED) is 0.590. The number of nitrogens with zero attached hydrogens (tertiary/aromatic N) is 2. The number of aryl methyl sites for hydroxylation is 1. The summed E-state index contributed by atoms with van der Waals surface area (Å²) in [4.78, 5) is 32.8. The van der Waals surface area contributed by atoms with Crippen molar-refractivity contribution in [1.29, 1.82) is 0 Å². The highest BCUT2D eigenvalue weighted by atomic mass is 16.2. The van der Waals surface area contributed by atoms with E-state index in [1.54, 1.807) is 6.20 Å². The Bertz CT molecular complexity index is 1120. The Kier molecular flexibility index (Phi) is 8.63. The Morgan fingerprint density at radius 3 is 2.40 bits per heavy atom. The second-order valence-corrected chi connectivity index (χ2v) is 9.01. The highest BCUT2D eigenvalue weighted by molar-refractivity contribution is 6.01. The van der Waals surface area contributed by atoms with Gasteiger partial charge in [-0.2, -0.15) is 0 Å². The van der Waals surface area contributed by atoms with Crippen molar-refractivity contribution in [2.45, 2.75) is 38.6 Å². The first kappa shape index (κ1) is 24.6. The molecule has 1 saturated heterocycles. The Labute approximate surface area is 207 Å². The van der Waals surface area contributed by atoms with E-state index in [0.29, 0.717) is 38.0 Å². The van der Waals surface area contributed by atoms with E-state index in [1.165, 1.54) is 0 Å². The standard InChI is InChI=1S/C29H34N4O2/c1-22-28(25(15-18-30-22)23-11-4-2-5-12-23)29(35)33-19-9-8-16-31-26(24-13-6-3-7-14-24)21-27(34)32-17-10-20-33/h2-7,11-15,18,26,31H,8-10,16-17,19-21H2,1H3,(H,32,34). The number of hydrogen-bond donors (Lipinski definition) is 2. The molecule has 1 atom stereocenters. The van der Waals surface area contributed by atoms with Gasteiger partial charge >= 0.3 is 0 Å². The van der Waals surface area contributed by atoms with Crippen LogP contribution in [0.2, 0.25) is 0 Å². The molecule has 0 bridgehead atoms. The van der Waals surface area contributed by atoms with Gasteiger partial charge in [0.25, 0.3) is 5.91 Å². The number of aromatic nitrogens is 1. The molecule has 0 aliphatic carbocycles. The SMILES string of the molecule is Cc1nccc(-c2ccccc2)c1C(=O)N1CCCCNC(c2ccccc2)CC(=O)NCCC1. The van der Waals surface area contributed by atoms with E-state index >= 15 is 0 Å². The molecule has 35 heavy (non-hydrogen) atoms. The summed E-state index contributed by atoms with van der Waals surface area (Å²) in [7, 11) is 0. The monoisotopic (exact) mass is 470 g/mol. The number of amides is 2. The number of pyridine rings is 1. The van der Waals surface area contributed by atoms with Crippen molar-refractivity contribution in [3.8, 4) is 11.1 Å². The van der Waals surface area contributed by atoms with E-state index in [2.05, 4.69) is 27.8 Å². The first-order valence-corrected chi connectivity index (χ1v) is 12.5. The molecule has 1 unspecified atom stereocenters. The third-order valence-corrected chi connectivity index (χ3v) is 6.49. The van der Waals surface area contributed by atoms with Crippen LogP contribution in [0.4, 0.5) is 0 Å². The molecule has 6 nitrogen and oxygen atoms in total. The summed E-state index contributed by atoms with van der Waals surface area (Å²) in [5.74, 6) is 0.0312. The minimum absolute atomic E-state index is 0.00535. The summed E-state index contributed by atoms with van der Waals surface area (Å²) in [6.07, 6.45) is 4.69. The molecule has 2 N–H and O–H groups in total. The van der Waals surface area contributed by atoms with Gasteiger partial charge in [-0.05, 0) is 55.5 Å². The van der Waals surface area contributed by atoms with Crippen LogP contribution in [0.25, 0.3) is 11.1 Å². The maximum Gasteiger partial charge on any atom is 0.256 e. The maximum atomic E-state index is 13.8. The molecule has 3 aromatic rings. The molecule has 2 heterocycles.